The maximum absolute atomic E-state index is 10.6. The number of nitrogens with zero attached hydrogens (tertiary/aromatic N) is 2. The number of nitrogens with one attached hydrogen (secondary N) is 1. The quantitative estimate of drug-likeness (QED) is 0.235. The molecule has 2 N–H and O–H groups in total. The van der Waals surface area contributed by atoms with E-state index >= 15 is 0 Å². The van der Waals surface area contributed by atoms with Gasteiger partial charge in [0.25, 0.3) is 0 Å². The molecule has 0 saturated carbocycles. The van der Waals surface area contributed by atoms with Crippen molar-refractivity contribution in [3.63, 3.8) is 0 Å². The number of imidazole rings is 1. The lowest BCUT2D eigenvalue weighted by Gasteiger charge is -2.14. The number of thioether (sulfide) groups is 1. The van der Waals surface area contributed by atoms with Crippen molar-refractivity contribution in [2.75, 3.05) is 12.4 Å². The van der Waals surface area contributed by atoms with Gasteiger partial charge < -0.3 is 15.2 Å². The predicted molar refractivity (Wildman–Crippen MR) is 140 cm³/mol. The molecule has 2 aromatic carbocycles. The molecule has 4 rings (SSSR count). The smallest absolute Gasteiger partial charge is 0.490 e. The van der Waals surface area contributed by atoms with Gasteiger partial charge in [0, 0.05) is 28.5 Å². The van der Waals surface area contributed by atoms with Crippen molar-refractivity contribution >= 4 is 29.2 Å². The minimum atomic E-state index is -5.08. The number of alkyl halides is 3. The zero-order valence-electron chi connectivity index (χ0n) is 20.6. The van der Waals surface area contributed by atoms with E-state index in [4.69, 9.17) is 19.6 Å². The second-order valence-corrected chi connectivity index (χ2v) is 9.56. The zero-order chi connectivity index (χ0) is 27.0. The molecule has 37 heavy (non-hydrogen) atoms. The Balaban J connectivity index is 0.000000479. The first-order valence-electron chi connectivity index (χ1n) is 11.5. The number of rotatable bonds is 8. The van der Waals surface area contributed by atoms with E-state index in [-0.39, 0.29) is 0 Å². The largest absolute Gasteiger partial charge is 0.496 e. The number of carboxylic acids is 1. The Morgan fingerprint density at radius 1 is 1.14 bits per heavy atom. The molecular weight excluding hydrogens is 503 g/mol. The molecule has 1 atom stereocenters. The number of aliphatic carboxylic acids is 1. The van der Waals surface area contributed by atoms with Gasteiger partial charge in [0.15, 0.2) is 0 Å². The van der Waals surface area contributed by atoms with Crippen molar-refractivity contribution in [2.24, 2.45) is 0 Å². The third-order valence-corrected chi connectivity index (χ3v) is 6.74. The number of carboxylic acid groups (broad SMARTS) is 1. The lowest BCUT2D eigenvalue weighted by atomic mass is 10.1. The van der Waals surface area contributed by atoms with E-state index in [0.29, 0.717) is 5.25 Å². The van der Waals surface area contributed by atoms with Crippen LogP contribution in [0.2, 0.25) is 0 Å². The van der Waals surface area contributed by atoms with E-state index in [2.05, 4.69) is 66.0 Å². The zero-order valence-corrected chi connectivity index (χ0v) is 21.4. The molecule has 10 heteroatoms. The van der Waals surface area contributed by atoms with Crippen LogP contribution in [-0.4, -0.2) is 39.0 Å². The fourth-order valence-corrected chi connectivity index (χ4v) is 4.37. The number of hydrogen-bond donors (Lipinski definition) is 2. The summed E-state index contributed by atoms with van der Waals surface area (Å²) in [7, 11) is 1.73. The predicted octanol–water partition coefficient (Wildman–Crippen LogP) is 7.15. The van der Waals surface area contributed by atoms with Crippen LogP contribution >= 0.6 is 11.8 Å². The highest BCUT2D eigenvalue weighted by molar-refractivity contribution is 8.00. The van der Waals surface area contributed by atoms with Crippen LogP contribution in [0.25, 0.3) is 16.9 Å². The van der Waals surface area contributed by atoms with Gasteiger partial charge in [-0.15, -0.1) is 11.8 Å². The van der Waals surface area contributed by atoms with E-state index in [1.807, 2.05) is 42.2 Å². The molecule has 0 spiro atoms. The lowest BCUT2D eigenvalue weighted by Crippen LogP contribution is -2.21. The monoisotopic (exact) mass is 531 g/mol. The van der Waals surface area contributed by atoms with Crippen molar-refractivity contribution in [2.45, 2.75) is 43.1 Å². The van der Waals surface area contributed by atoms with Gasteiger partial charge in [-0.2, -0.15) is 13.2 Å². The minimum absolute atomic E-state index is 0.544. The number of hydrogen-bond acceptors (Lipinski definition) is 5. The van der Waals surface area contributed by atoms with Crippen LogP contribution in [0.4, 0.5) is 19.0 Å². The number of fused-ring (bicyclic) bond motifs is 1. The Kier molecular flexibility index (Phi) is 9.46. The average molecular weight is 532 g/mol. The van der Waals surface area contributed by atoms with E-state index in [1.54, 1.807) is 7.11 Å². The van der Waals surface area contributed by atoms with Crippen LogP contribution in [0.3, 0.4) is 0 Å². The first kappa shape index (κ1) is 27.9. The van der Waals surface area contributed by atoms with Gasteiger partial charge in [-0.1, -0.05) is 56.3 Å². The topological polar surface area (TPSA) is 75.9 Å². The van der Waals surface area contributed by atoms with E-state index in [1.165, 1.54) is 5.56 Å². The molecule has 0 amide bonds. The summed E-state index contributed by atoms with van der Waals surface area (Å²) in [6.07, 6.45) is -1.92. The molecule has 0 saturated heterocycles. The summed E-state index contributed by atoms with van der Waals surface area (Å²) in [6.45, 7) is 5.18. The lowest BCUT2D eigenvalue weighted by molar-refractivity contribution is -0.192. The van der Waals surface area contributed by atoms with E-state index in [9.17, 15) is 13.2 Å². The summed E-state index contributed by atoms with van der Waals surface area (Å²) in [5.74, 6) is -0.879. The number of methoxy groups -OCH3 is 1. The highest BCUT2D eigenvalue weighted by Crippen LogP contribution is 2.38. The normalized spacial score (nSPS) is 11.9. The van der Waals surface area contributed by atoms with Crippen LogP contribution in [0.5, 0.6) is 5.75 Å². The van der Waals surface area contributed by atoms with Crippen molar-refractivity contribution in [1.29, 1.82) is 0 Å². The number of benzene rings is 2. The fraction of sp³-hybridized carbons (Fsp3) is 0.259. The number of carbonyl (C=O) groups is 1. The van der Waals surface area contributed by atoms with Crippen molar-refractivity contribution in [1.82, 2.24) is 9.38 Å². The summed E-state index contributed by atoms with van der Waals surface area (Å²) in [5.41, 5.74) is 4.11. The Morgan fingerprint density at radius 2 is 1.81 bits per heavy atom. The number of halogens is 3. The van der Waals surface area contributed by atoms with Gasteiger partial charge in [0.2, 0.25) is 0 Å². The summed E-state index contributed by atoms with van der Waals surface area (Å²) >= 11 is 1.85. The minimum Gasteiger partial charge on any atom is -0.496 e. The molecule has 0 fully saturated rings. The molecule has 0 aliphatic rings. The molecule has 1 unspecified atom stereocenters. The third kappa shape index (κ3) is 7.42. The van der Waals surface area contributed by atoms with Crippen LogP contribution in [0.1, 0.15) is 25.8 Å². The maximum atomic E-state index is 10.6. The summed E-state index contributed by atoms with van der Waals surface area (Å²) in [6, 6.07) is 22.9. The van der Waals surface area contributed by atoms with E-state index in [0.717, 1.165) is 46.3 Å². The first-order valence-corrected chi connectivity index (χ1v) is 12.4. The molecular formula is C27H28F3N3O3S. The fourth-order valence-electron chi connectivity index (χ4n) is 3.36. The van der Waals surface area contributed by atoms with Gasteiger partial charge in [-0.25, -0.2) is 9.78 Å². The van der Waals surface area contributed by atoms with Gasteiger partial charge in [-0.05, 0) is 36.2 Å². The van der Waals surface area contributed by atoms with Crippen molar-refractivity contribution in [3.05, 3.63) is 78.5 Å². The third-order valence-electron chi connectivity index (χ3n) is 5.42. The standard InChI is InChI=1S/C25H27N3OS.C2HF3O2/c1-4-18(2)30-22-14-13-20(16-21(22)29-3)24-25(26-17-19-10-6-5-7-11-19)28-15-9-8-12-23(28)27-24;3-2(4,5)1(6)7/h5-16,18,26H,4,17H2,1-3H3;(H,6,7). The average Bonchev–Trinajstić information content (AvgIpc) is 3.26. The highest BCUT2D eigenvalue weighted by Gasteiger charge is 2.38. The Bertz CT molecular complexity index is 1330. The van der Waals surface area contributed by atoms with Crippen molar-refractivity contribution < 1.29 is 27.8 Å². The van der Waals surface area contributed by atoms with Crippen LogP contribution in [0.15, 0.2) is 77.8 Å². The van der Waals surface area contributed by atoms with Gasteiger partial charge in [0.1, 0.15) is 22.9 Å². The van der Waals surface area contributed by atoms with Crippen molar-refractivity contribution in [3.8, 4) is 17.0 Å². The Morgan fingerprint density at radius 3 is 2.43 bits per heavy atom. The molecule has 196 valence electrons. The van der Waals surface area contributed by atoms with Crippen LogP contribution in [-0.2, 0) is 11.3 Å². The first-order chi connectivity index (χ1) is 17.6. The molecule has 6 nitrogen and oxygen atoms in total. The van der Waals surface area contributed by atoms with Gasteiger partial charge >= 0.3 is 12.1 Å². The maximum Gasteiger partial charge on any atom is 0.490 e. The number of anilines is 1. The molecule has 2 aromatic heterocycles. The van der Waals surface area contributed by atoms with Crippen LogP contribution < -0.4 is 10.1 Å². The van der Waals surface area contributed by atoms with Gasteiger partial charge in [-0.3, -0.25) is 4.40 Å². The molecule has 0 aliphatic heterocycles. The summed E-state index contributed by atoms with van der Waals surface area (Å²) in [4.78, 5) is 15.0. The Labute approximate surface area is 217 Å². The highest BCUT2D eigenvalue weighted by atomic mass is 32.2. The molecule has 0 aliphatic carbocycles. The molecule has 0 bridgehead atoms. The molecule has 4 aromatic rings. The summed E-state index contributed by atoms with van der Waals surface area (Å²) in [5, 5.41) is 11.3. The summed E-state index contributed by atoms with van der Waals surface area (Å²) < 4.78 is 39.6. The molecule has 2 heterocycles. The van der Waals surface area contributed by atoms with E-state index < -0.39 is 12.1 Å². The second-order valence-electron chi connectivity index (χ2n) is 8.08. The molecule has 0 radical (unpaired) electrons. The Hall–Kier alpha value is -3.66. The number of pyridine rings is 1. The number of ether oxygens (including phenoxy) is 1. The second kappa shape index (κ2) is 12.5. The number of aromatic nitrogens is 2. The van der Waals surface area contributed by atoms with Crippen LogP contribution in [0, 0.1) is 0 Å². The van der Waals surface area contributed by atoms with Gasteiger partial charge in [0.05, 0.1) is 7.11 Å². The SMILES string of the molecule is CCC(C)Sc1ccc(-c2nc3ccccn3c2NCc2ccccc2)cc1OC.O=C(O)C(F)(F)F.